The van der Waals surface area contributed by atoms with Crippen LogP contribution in [0.2, 0.25) is 5.02 Å². The van der Waals surface area contributed by atoms with Crippen LogP contribution in [0.5, 0.6) is 5.75 Å². The van der Waals surface area contributed by atoms with Crippen LogP contribution in [-0.4, -0.2) is 85.5 Å². The third kappa shape index (κ3) is 6.90. The molecule has 1 spiro atoms. The molecule has 12 heteroatoms. The third-order valence-electron chi connectivity index (χ3n) is 11.6. The zero-order valence-electron chi connectivity index (χ0n) is 29.5. The van der Waals surface area contributed by atoms with E-state index in [1.165, 1.54) is 16.0 Å². The van der Waals surface area contributed by atoms with Crippen LogP contribution in [0.3, 0.4) is 0 Å². The molecular weight excluding hydrogens is 676 g/mol. The molecule has 6 atom stereocenters. The first kappa shape index (κ1) is 35.3. The summed E-state index contributed by atoms with van der Waals surface area (Å²) < 4.78 is 39.6. The van der Waals surface area contributed by atoms with Crippen LogP contribution < -0.4 is 14.4 Å². The molecule has 2 bridgehead atoms. The molecule has 270 valence electrons. The summed E-state index contributed by atoms with van der Waals surface area (Å²) in [6.07, 6.45) is 9.93. The van der Waals surface area contributed by atoms with Crippen molar-refractivity contribution in [2.45, 2.75) is 69.5 Å². The highest BCUT2D eigenvalue weighted by molar-refractivity contribution is 7.92. The van der Waals surface area contributed by atoms with Crippen molar-refractivity contribution in [1.29, 1.82) is 0 Å². The molecule has 3 aliphatic heterocycles. The number of allylic oxidation sites excluding steroid dienone is 1. The lowest BCUT2D eigenvalue weighted by Crippen LogP contribution is -2.65. The summed E-state index contributed by atoms with van der Waals surface area (Å²) in [6, 6.07) is 11.1. The van der Waals surface area contributed by atoms with Crippen LogP contribution in [-0.2, 0) is 31.2 Å². The van der Waals surface area contributed by atoms with E-state index in [0.29, 0.717) is 49.3 Å². The molecule has 3 amide bonds. The standard InChI is InChI=1S/C38H49ClN4O6S/c1-25-7-5-9-33(47-3)30-13-10-28(30)19-42-23-38(16-6-8-26-17-29(39)12-14-31(26)38)24-49-34-15-11-27(18-32(34)42)35(44)40-50(46,20-25)41-36(45)43-21-37(2,22-43)48-4/h5,9,11-12,14-15,17-18,25,28,30,33H,6-8,10,13,16,19-24H2,1-4H3,(H,40,41,44,45,46)/b9-5+/t25-,28-,30+,33-,38-,50?/m0/s1. The van der Waals surface area contributed by atoms with E-state index in [4.69, 9.17) is 25.8 Å². The Morgan fingerprint density at radius 2 is 1.96 bits per heavy atom. The first-order valence-corrected chi connectivity index (χ1v) is 19.9. The number of hydrogen-bond acceptors (Lipinski definition) is 7. The summed E-state index contributed by atoms with van der Waals surface area (Å²) in [5.41, 5.74) is 2.98. The van der Waals surface area contributed by atoms with Gasteiger partial charge in [-0.2, -0.15) is 0 Å². The van der Waals surface area contributed by atoms with Gasteiger partial charge in [-0.1, -0.05) is 36.7 Å². The molecule has 1 N–H and O–H groups in total. The summed E-state index contributed by atoms with van der Waals surface area (Å²) in [5.74, 6) is 0.722. The minimum atomic E-state index is -3.48. The van der Waals surface area contributed by atoms with Crippen LogP contribution in [0.25, 0.3) is 0 Å². The van der Waals surface area contributed by atoms with Crippen molar-refractivity contribution in [2.75, 3.05) is 57.7 Å². The number of carbonyl (C=O) groups is 2. The Morgan fingerprint density at radius 3 is 2.70 bits per heavy atom. The fourth-order valence-corrected chi connectivity index (χ4v) is 10.7. The predicted octanol–water partition coefficient (Wildman–Crippen LogP) is 6.40. The first-order chi connectivity index (χ1) is 23.9. The maximum atomic E-state index is 14.5. The van der Waals surface area contributed by atoms with Gasteiger partial charge in [0, 0.05) is 43.3 Å². The normalized spacial score (nSPS) is 32.6. The van der Waals surface area contributed by atoms with Gasteiger partial charge in [-0.05, 0) is 105 Å². The van der Waals surface area contributed by atoms with E-state index in [-0.39, 0.29) is 23.2 Å². The Labute approximate surface area is 301 Å². The number of carbonyl (C=O) groups excluding carboxylic acids is 2. The van der Waals surface area contributed by atoms with Gasteiger partial charge in [0.15, 0.2) is 0 Å². The quantitative estimate of drug-likeness (QED) is 0.365. The van der Waals surface area contributed by atoms with Crippen LogP contribution in [0.1, 0.15) is 67.4 Å². The van der Waals surface area contributed by atoms with Crippen molar-refractivity contribution in [3.05, 3.63) is 70.3 Å². The third-order valence-corrected chi connectivity index (χ3v) is 13.8. The summed E-state index contributed by atoms with van der Waals surface area (Å²) in [6.45, 7) is 6.61. The zero-order chi connectivity index (χ0) is 35.3. The molecular formula is C38H49ClN4O6S. The van der Waals surface area contributed by atoms with E-state index in [9.17, 15) is 13.8 Å². The lowest BCUT2D eigenvalue weighted by molar-refractivity contribution is -0.0902. The summed E-state index contributed by atoms with van der Waals surface area (Å²) in [7, 11) is -0.110. The topological polar surface area (TPSA) is 110 Å². The molecule has 2 aromatic rings. The second-order valence-corrected chi connectivity index (χ2v) is 17.8. The number of nitrogens with zero attached hydrogens (tertiary/aromatic N) is 3. The molecule has 0 radical (unpaired) electrons. The maximum absolute atomic E-state index is 14.5. The highest BCUT2D eigenvalue weighted by Crippen LogP contribution is 2.47. The molecule has 2 fully saturated rings. The minimum absolute atomic E-state index is 0.0278. The number of methoxy groups -OCH3 is 2. The Morgan fingerprint density at radius 1 is 1.14 bits per heavy atom. The second-order valence-electron chi connectivity index (χ2n) is 15.4. The number of ether oxygens (including phenoxy) is 3. The van der Waals surface area contributed by atoms with E-state index in [1.807, 2.05) is 32.0 Å². The lowest BCUT2D eigenvalue weighted by atomic mass is 9.68. The average Bonchev–Trinajstić information content (AvgIpc) is 3.20. The maximum Gasteiger partial charge on any atom is 0.330 e. The van der Waals surface area contributed by atoms with Gasteiger partial charge in [-0.15, -0.1) is 4.36 Å². The molecule has 3 heterocycles. The van der Waals surface area contributed by atoms with Gasteiger partial charge in [0.2, 0.25) is 0 Å². The van der Waals surface area contributed by atoms with Crippen LogP contribution in [0.4, 0.5) is 10.5 Å². The lowest BCUT2D eigenvalue weighted by Gasteiger charge is -2.46. The number of aryl methyl sites for hydroxylation is 1. The molecule has 0 aromatic heterocycles. The SMILES string of the molecule is CO[C@H]1/C=C/C[C@H](C)CS(=O)(NC(=O)N2CC(C)(OC)C2)=NC(=O)c2ccc3c(c2)N(C[C@@H]2CC[C@H]21)C[C@@]1(CCCc2cc(Cl)ccc21)CO3. The molecule has 1 unspecified atom stereocenters. The van der Waals surface area contributed by atoms with E-state index in [1.54, 1.807) is 20.3 Å². The predicted molar refractivity (Wildman–Crippen MR) is 195 cm³/mol. The number of halogens is 1. The number of benzene rings is 2. The molecule has 5 aliphatic rings. The van der Waals surface area contributed by atoms with E-state index >= 15 is 0 Å². The average molecular weight is 725 g/mol. The molecule has 1 saturated heterocycles. The molecule has 1 saturated carbocycles. The van der Waals surface area contributed by atoms with Crippen molar-refractivity contribution >= 4 is 39.1 Å². The molecule has 50 heavy (non-hydrogen) atoms. The van der Waals surface area contributed by atoms with Gasteiger partial charge in [0.1, 0.15) is 21.3 Å². The summed E-state index contributed by atoms with van der Waals surface area (Å²) in [5, 5.41) is 0.743. The summed E-state index contributed by atoms with van der Waals surface area (Å²) in [4.78, 5) is 31.2. The first-order valence-electron chi connectivity index (χ1n) is 17.8. The number of nitrogens with one attached hydrogen (secondary N) is 1. The molecule has 2 aliphatic carbocycles. The van der Waals surface area contributed by atoms with Crippen molar-refractivity contribution in [2.24, 2.45) is 22.1 Å². The van der Waals surface area contributed by atoms with Crippen molar-refractivity contribution in [3.63, 3.8) is 0 Å². The van der Waals surface area contributed by atoms with Gasteiger partial charge >= 0.3 is 6.03 Å². The summed E-state index contributed by atoms with van der Waals surface area (Å²) >= 11 is 6.45. The Hall–Kier alpha value is -3.12. The number of anilines is 1. The number of hydrogen-bond donors (Lipinski definition) is 1. The fourth-order valence-electron chi connectivity index (χ4n) is 8.60. The Balaban J connectivity index is 1.27. The number of amides is 3. The fraction of sp³-hybridized carbons (Fsp3) is 0.579. The highest BCUT2D eigenvalue weighted by atomic mass is 35.5. The van der Waals surface area contributed by atoms with Crippen LogP contribution in [0.15, 0.2) is 52.9 Å². The Bertz CT molecular complexity index is 1800. The van der Waals surface area contributed by atoms with Gasteiger partial charge in [-0.25, -0.2) is 9.00 Å². The minimum Gasteiger partial charge on any atom is -0.490 e. The monoisotopic (exact) mass is 724 g/mol. The van der Waals surface area contributed by atoms with E-state index in [0.717, 1.165) is 55.9 Å². The van der Waals surface area contributed by atoms with Crippen LogP contribution >= 0.6 is 11.6 Å². The highest BCUT2D eigenvalue weighted by Gasteiger charge is 2.45. The zero-order valence-corrected chi connectivity index (χ0v) is 31.1. The molecule has 2 aromatic carbocycles. The molecule has 7 rings (SSSR count). The number of fused-ring (bicyclic) bond motifs is 4. The van der Waals surface area contributed by atoms with Gasteiger partial charge in [0.05, 0.1) is 37.2 Å². The van der Waals surface area contributed by atoms with E-state index < -0.39 is 27.5 Å². The van der Waals surface area contributed by atoms with E-state index in [2.05, 4.69) is 38.3 Å². The van der Waals surface area contributed by atoms with Gasteiger partial charge in [0.25, 0.3) is 5.91 Å². The van der Waals surface area contributed by atoms with Crippen molar-refractivity contribution < 1.29 is 28.0 Å². The largest absolute Gasteiger partial charge is 0.490 e. The van der Waals surface area contributed by atoms with Gasteiger partial charge < -0.3 is 24.0 Å². The second kappa shape index (κ2) is 13.8. The van der Waals surface area contributed by atoms with Crippen molar-refractivity contribution in [3.8, 4) is 5.75 Å². The number of rotatable bonds is 3. The van der Waals surface area contributed by atoms with Crippen LogP contribution in [0, 0.1) is 17.8 Å². The number of likely N-dealkylation sites (tertiary alicyclic amines) is 1. The Kier molecular flexibility index (Phi) is 9.73. The van der Waals surface area contributed by atoms with Gasteiger partial charge in [-0.3, -0.25) is 9.52 Å². The smallest absolute Gasteiger partial charge is 0.330 e. The number of urea groups is 1. The van der Waals surface area contributed by atoms with Crippen molar-refractivity contribution in [1.82, 2.24) is 9.62 Å². The molecule has 10 nitrogen and oxygen atoms in total.